The Balaban J connectivity index is 0. The maximum Gasteiger partial charge on any atom is 0.146 e. The van der Waals surface area contributed by atoms with E-state index in [9.17, 15) is 0 Å². The summed E-state index contributed by atoms with van der Waals surface area (Å²) < 4.78 is 19.3. The van der Waals surface area contributed by atoms with Gasteiger partial charge in [-0.25, -0.2) is 0 Å². The minimum Gasteiger partial charge on any atom is -0.377 e. The fourth-order valence-corrected chi connectivity index (χ4v) is 1.62. The summed E-state index contributed by atoms with van der Waals surface area (Å²) in [5.74, 6) is 2.82. The van der Waals surface area contributed by atoms with E-state index >= 15 is 0 Å². The first-order valence-corrected chi connectivity index (χ1v) is 10.4. The number of ether oxygens (including phenoxy) is 4. The van der Waals surface area contributed by atoms with Gasteiger partial charge in [0.1, 0.15) is 6.79 Å². The summed E-state index contributed by atoms with van der Waals surface area (Å²) in [6.45, 7) is 22.7. The largest absolute Gasteiger partial charge is 0.377 e. The molecule has 0 unspecified atom stereocenters. The highest BCUT2D eigenvalue weighted by atomic mass is 16.7. The summed E-state index contributed by atoms with van der Waals surface area (Å²) in [7, 11) is 0. The Bertz CT molecular complexity index is 264. The van der Waals surface area contributed by atoms with Crippen LogP contribution < -0.4 is 0 Å². The molecule has 4 heteroatoms. The lowest BCUT2D eigenvalue weighted by Crippen LogP contribution is -2.16. The molecule has 2 aliphatic heterocycles. The van der Waals surface area contributed by atoms with Gasteiger partial charge in [-0.2, -0.15) is 0 Å². The Morgan fingerprint density at radius 1 is 0.407 bits per heavy atom. The molecule has 27 heavy (non-hydrogen) atoms. The first-order chi connectivity index (χ1) is 12.8. The van der Waals surface area contributed by atoms with Gasteiger partial charge in [-0.1, -0.05) is 79.7 Å². The van der Waals surface area contributed by atoms with Gasteiger partial charge in [0.15, 0.2) is 0 Å². The standard InChI is InChI=1S/2C8H16.C4H8O2.C3H6O2/c2*1-7(2)5-6-8(3)4;1-2-6-4-3-5-1;1-2-5-3-4-1/h2*5-8H,1-4H3;1-4H2;1-3H2. The molecule has 2 fully saturated rings. The predicted octanol–water partition coefficient (Wildman–Crippen LogP) is 5.73. The molecule has 0 spiro atoms. The third kappa shape index (κ3) is 33.3. The second kappa shape index (κ2) is 21.6. The van der Waals surface area contributed by atoms with Crippen LogP contribution in [0.2, 0.25) is 0 Å². The van der Waals surface area contributed by atoms with Gasteiger partial charge >= 0.3 is 0 Å². The average molecular weight is 387 g/mol. The van der Waals surface area contributed by atoms with Gasteiger partial charge in [0, 0.05) is 0 Å². The zero-order chi connectivity index (χ0) is 20.9. The fraction of sp³-hybridized carbons (Fsp3) is 0.826. The van der Waals surface area contributed by atoms with E-state index in [4.69, 9.17) is 18.9 Å². The minimum absolute atomic E-state index is 0.500. The maximum absolute atomic E-state index is 4.94. The van der Waals surface area contributed by atoms with Crippen molar-refractivity contribution in [2.24, 2.45) is 23.7 Å². The molecule has 0 bridgehead atoms. The van der Waals surface area contributed by atoms with Crippen LogP contribution in [0.1, 0.15) is 55.4 Å². The first-order valence-electron chi connectivity index (χ1n) is 10.4. The molecule has 0 aromatic carbocycles. The van der Waals surface area contributed by atoms with Gasteiger partial charge in [0.05, 0.1) is 39.6 Å². The van der Waals surface area contributed by atoms with Crippen LogP contribution in [0.4, 0.5) is 0 Å². The van der Waals surface area contributed by atoms with Crippen LogP contribution in [-0.4, -0.2) is 46.4 Å². The molecule has 0 aromatic rings. The minimum atomic E-state index is 0.500. The highest BCUT2D eigenvalue weighted by Crippen LogP contribution is 1.99. The van der Waals surface area contributed by atoms with E-state index < -0.39 is 0 Å². The van der Waals surface area contributed by atoms with Crippen LogP contribution >= 0.6 is 0 Å². The van der Waals surface area contributed by atoms with Crippen LogP contribution in [-0.2, 0) is 18.9 Å². The predicted molar refractivity (Wildman–Crippen MR) is 116 cm³/mol. The monoisotopic (exact) mass is 386 g/mol. The molecule has 0 radical (unpaired) electrons. The van der Waals surface area contributed by atoms with Crippen molar-refractivity contribution in [1.82, 2.24) is 0 Å². The van der Waals surface area contributed by atoms with Crippen LogP contribution in [0, 0.1) is 23.7 Å². The van der Waals surface area contributed by atoms with Gasteiger partial charge in [-0.3, -0.25) is 0 Å². The molecule has 0 aromatic heterocycles. The lowest BCUT2D eigenvalue weighted by Gasteiger charge is -2.09. The second-order valence-corrected chi connectivity index (χ2v) is 7.90. The van der Waals surface area contributed by atoms with Crippen molar-refractivity contribution >= 4 is 0 Å². The van der Waals surface area contributed by atoms with E-state index in [1.165, 1.54) is 0 Å². The molecular weight excluding hydrogens is 340 g/mol. The Hall–Kier alpha value is -0.680. The van der Waals surface area contributed by atoms with E-state index in [-0.39, 0.29) is 0 Å². The fourth-order valence-electron chi connectivity index (χ4n) is 1.62. The molecule has 162 valence electrons. The lowest BCUT2D eigenvalue weighted by atomic mass is 10.1. The Morgan fingerprint density at radius 2 is 0.630 bits per heavy atom. The number of rotatable bonds is 4. The molecule has 0 saturated carbocycles. The highest BCUT2D eigenvalue weighted by molar-refractivity contribution is 4.87. The van der Waals surface area contributed by atoms with E-state index in [1.807, 2.05) is 0 Å². The van der Waals surface area contributed by atoms with Crippen molar-refractivity contribution in [3.63, 3.8) is 0 Å². The van der Waals surface area contributed by atoms with E-state index in [0.29, 0.717) is 30.5 Å². The second-order valence-electron chi connectivity index (χ2n) is 7.90. The molecule has 2 heterocycles. The summed E-state index contributed by atoms with van der Waals surface area (Å²) in [6.07, 6.45) is 8.96. The Morgan fingerprint density at radius 3 is 0.741 bits per heavy atom. The average Bonchev–Trinajstić information content (AvgIpc) is 3.21. The quantitative estimate of drug-likeness (QED) is 0.578. The summed E-state index contributed by atoms with van der Waals surface area (Å²) in [6, 6.07) is 0. The van der Waals surface area contributed by atoms with Crippen molar-refractivity contribution in [2.75, 3.05) is 46.4 Å². The third-order valence-corrected chi connectivity index (χ3v) is 3.04. The molecule has 2 rings (SSSR count). The van der Waals surface area contributed by atoms with Gasteiger partial charge < -0.3 is 18.9 Å². The molecule has 2 aliphatic rings. The number of hydrogen-bond donors (Lipinski definition) is 0. The van der Waals surface area contributed by atoms with E-state index in [0.717, 1.165) is 39.6 Å². The third-order valence-electron chi connectivity index (χ3n) is 3.04. The molecule has 2 saturated heterocycles. The summed E-state index contributed by atoms with van der Waals surface area (Å²) in [5, 5.41) is 0. The number of allylic oxidation sites excluding steroid dienone is 4. The van der Waals surface area contributed by atoms with E-state index in [2.05, 4.69) is 79.7 Å². The molecule has 0 N–H and O–H groups in total. The molecular formula is C23H46O4. The normalized spacial score (nSPS) is 17.0. The molecule has 0 amide bonds. The van der Waals surface area contributed by atoms with Gasteiger partial charge in [-0.15, -0.1) is 0 Å². The zero-order valence-electron chi connectivity index (χ0n) is 19.2. The van der Waals surface area contributed by atoms with Crippen molar-refractivity contribution < 1.29 is 18.9 Å². The maximum atomic E-state index is 4.94. The Kier molecular flexibility index (Phi) is 22.8. The van der Waals surface area contributed by atoms with Crippen molar-refractivity contribution in [3.05, 3.63) is 24.3 Å². The smallest absolute Gasteiger partial charge is 0.146 e. The van der Waals surface area contributed by atoms with Gasteiger partial charge in [-0.05, 0) is 23.7 Å². The van der Waals surface area contributed by atoms with Crippen LogP contribution in [0.15, 0.2) is 24.3 Å². The summed E-state index contributed by atoms with van der Waals surface area (Å²) in [4.78, 5) is 0. The first kappa shape index (κ1) is 28.5. The Labute approximate surface area is 169 Å². The topological polar surface area (TPSA) is 36.9 Å². The van der Waals surface area contributed by atoms with Crippen LogP contribution in [0.3, 0.4) is 0 Å². The summed E-state index contributed by atoms with van der Waals surface area (Å²) in [5.41, 5.74) is 0. The molecule has 0 aliphatic carbocycles. The van der Waals surface area contributed by atoms with Crippen molar-refractivity contribution in [2.45, 2.75) is 55.4 Å². The van der Waals surface area contributed by atoms with E-state index in [1.54, 1.807) is 0 Å². The van der Waals surface area contributed by atoms with Crippen molar-refractivity contribution in [3.8, 4) is 0 Å². The number of hydrogen-bond acceptors (Lipinski definition) is 4. The molecule has 0 atom stereocenters. The van der Waals surface area contributed by atoms with Crippen LogP contribution in [0.5, 0.6) is 0 Å². The zero-order valence-corrected chi connectivity index (χ0v) is 19.2. The van der Waals surface area contributed by atoms with Crippen LogP contribution in [0.25, 0.3) is 0 Å². The van der Waals surface area contributed by atoms with Gasteiger partial charge in [0.25, 0.3) is 0 Å². The summed E-state index contributed by atoms with van der Waals surface area (Å²) >= 11 is 0. The molecule has 4 nitrogen and oxygen atoms in total. The van der Waals surface area contributed by atoms with Gasteiger partial charge in [0.2, 0.25) is 0 Å². The lowest BCUT2D eigenvalue weighted by molar-refractivity contribution is -0.0334. The highest BCUT2D eigenvalue weighted by Gasteiger charge is 1.94. The SMILES string of the molecule is C1COCCO1.C1COCO1.CC(C)C=CC(C)C.CC(C)C=CC(C)C. The van der Waals surface area contributed by atoms with Crippen molar-refractivity contribution in [1.29, 1.82) is 0 Å².